The first-order chi connectivity index (χ1) is 16.5. The van der Waals surface area contributed by atoms with Gasteiger partial charge in [0.25, 0.3) is 0 Å². The summed E-state index contributed by atoms with van der Waals surface area (Å²) >= 11 is 4.23. The number of rotatable bonds is 11. The van der Waals surface area contributed by atoms with Gasteiger partial charge in [0, 0.05) is 6.42 Å². The molecular formula is C27H28N2O4S. The first-order valence-electron chi connectivity index (χ1n) is 11.1. The van der Waals surface area contributed by atoms with E-state index in [0.717, 1.165) is 16.7 Å². The summed E-state index contributed by atoms with van der Waals surface area (Å²) in [6.07, 6.45) is 0.398. The van der Waals surface area contributed by atoms with Crippen molar-refractivity contribution in [3.05, 3.63) is 108 Å². The van der Waals surface area contributed by atoms with Crippen molar-refractivity contribution in [3.8, 4) is 0 Å². The fourth-order valence-electron chi connectivity index (χ4n) is 3.76. The fraction of sp³-hybridized carbons (Fsp3) is 0.222. The largest absolute Gasteiger partial charge is 0.480 e. The van der Waals surface area contributed by atoms with E-state index < -0.39 is 29.9 Å². The van der Waals surface area contributed by atoms with Gasteiger partial charge in [-0.25, -0.2) is 4.79 Å². The summed E-state index contributed by atoms with van der Waals surface area (Å²) in [6.45, 7) is 0. The second-order valence-corrected chi connectivity index (χ2v) is 8.36. The fourth-order valence-corrected chi connectivity index (χ4v) is 4.02. The van der Waals surface area contributed by atoms with Crippen LogP contribution in [-0.2, 0) is 20.8 Å². The molecule has 0 aliphatic heterocycles. The van der Waals surface area contributed by atoms with Crippen molar-refractivity contribution in [2.75, 3.05) is 5.75 Å². The summed E-state index contributed by atoms with van der Waals surface area (Å²) in [7, 11) is 0. The maximum atomic E-state index is 13.4. The highest BCUT2D eigenvalue weighted by Crippen LogP contribution is 2.25. The molecule has 0 spiro atoms. The van der Waals surface area contributed by atoms with E-state index in [-0.39, 0.29) is 18.7 Å². The van der Waals surface area contributed by atoms with Gasteiger partial charge in [-0.05, 0) is 28.9 Å². The summed E-state index contributed by atoms with van der Waals surface area (Å²) in [5.41, 5.74) is 2.38. The van der Waals surface area contributed by atoms with Crippen molar-refractivity contribution in [2.45, 2.75) is 30.8 Å². The van der Waals surface area contributed by atoms with E-state index in [4.69, 9.17) is 0 Å². The smallest absolute Gasteiger partial charge is 0.326 e. The number of hydrogen-bond donors (Lipinski definition) is 4. The predicted molar refractivity (Wildman–Crippen MR) is 135 cm³/mol. The van der Waals surface area contributed by atoms with Crippen LogP contribution in [0.2, 0.25) is 0 Å². The minimum Gasteiger partial charge on any atom is -0.480 e. The van der Waals surface area contributed by atoms with E-state index in [1.54, 1.807) is 12.1 Å². The molecule has 0 saturated heterocycles. The number of hydrogen-bond acceptors (Lipinski definition) is 4. The number of benzene rings is 3. The maximum absolute atomic E-state index is 13.4. The number of aliphatic carboxylic acids is 1. The number of carbonyl (C=O) groups is 3. The van der Waals surface area contributed by atoms with Gasteiger partial charge in [-0.2, -0.15) is 12.6 Å². The lowest BCUT2D eigenvalue weighted by Gasteiger charge is -2.24. The van der Waals surface area contributed by atoms with E-state index in [0.29, 0.717) is 5.75 Å². The molecule has 0 heterocycles. The average Bonchev–Trinajstić information content (AvgIpc) is 2.85. The van der Waals surface area contributed by atoms with Gasteiger partial charge >= 0.3 is 5.97 Å². The Hall–Kier alpha value is -3.58. The Labute approximate surface area is 204 Å². The molecule has 2 amide bonds. The van der Waals surface area contributed by atoms with E-state index in [2.05, 4.69) is 23.3 Å². The van der Waals surface area contributed by atoms with Gasteiger partial charge in [-0.15, -0.1) is 0 Å². The Morgan fingerprint density at radius 1 is 0.706 bits per heavy atom. The second-order valence-electron chi connectivity index (χ2n) is 7.92. The number of carboxylic acids is 1. The highest BCUT2D eigenvalue weighted by atomic mass is 32.1. The molecule has 0 radical (unpaired) electrons. The zero-order valence-corrected chi connectivity index (χ0v) is 19.5. The lowest BCUT2D eigenvalue weighted by Crippen LogP contribution is -2.53. The number of amides is 2. The molecule has 2 atom stereocenters. The number of nitrogens with one attached hydrogen (secondary N) is 2. The third-order valence-electron chi connectivity index (χ3n) is 5.48. The minimum atomic E-state index is -1.14. The Bertz CT molecular complexity index is 1040. The van der Waals surface area contributed by atoms with Gasteiger partial charge in [0.05, 0.1) is 5.92 Å². The minimum absolute atomic E-state index is 0.139. The van der Waals surface area contributed by atoms with E-state index in [9.17, 15) is 19.5 Å². The van der Waals surface area contributed by atoms with Gasteiger partial charge < -0.3 is 15.7 Å². The van der Waals surface area contributed by atoms with Gasteiger partial charge in [0.15, 0.2) is 0 Å². The van der Waals surface area contributed by atoms with Crippen LogP contribution in [0, 0.1) is 0 Å². The Balaban J connectivity index is 1.78. The molecule has 176 valence electrons. The van der Waals surface area contributed by atoms with Crippen LogP contribution < -0.4 is 10.6 Å². The van der Waals surface area contributed by atoms with Crippen LogP contribution in [-0.4, -0.2) is 40.7 Å². The summed E-state index contributed by atoms with van der Waals surface area (Å²) < 4.78 is 0. The highest BCUT2D eigenvalue weighted by molar-refractivity contribution is 7.80. The molecule has 0 aliphatic rings. The molecule has 3 aromatic rings. The Morgan fingerprint density at radius 3 is 1.65 bits per heavy atom. The molecule has 0 fully saturated rings. The summed E-state index contributed by atoms with van der Waals surface area (Å²) in [5.74, 6) is -2.30. The first-order valence-corrected chi connectivity index (χ1v) is 11.7. The molecule has 3 aromatic carbocycles. The molecular weight excluding hydrogens is 448 g/mol. The van der Waals surface area contributed by atoms with Gasteiger partial charge in [0.1, 0.15) is 12.1 Å². The lowest BCUT2D eigenvalue weighted by molar-refractivity contribution is -0.142. The summed E-state index contributed by atoms with van der Waals surface area (Å²) in [4.78, 5) is 38.3. The average molecular weight is 477 g/mol. The Kier molecular flexibility index (Phi) is 9.29. The van der Waals surface area contributed by atoms with Crippen LogP contribution >= 0.6 is 12.6 Å². The molecule has 0 aromatic heterocycles. The third kappa shape index (κ3) is 6.96. The topological polar surface area (TPSA) is 95.5 Å². The van der Waals surface area contributed by atoms with Crippen molar-refractivity contribution in [3.63, 3.8) is 0 Å². The molecule has 7 heteroatoms. The van der Waals surface area contributed by atoms with Gasteiger partial charge in [0.2, 0.25) is 11.8 Å². The van der Waals surface area contributed by atoms with Crippen LogP contribution in [0.1, 0.15) is 29.0 Å². The predicted octanol–water partition coefficient (Wildman–Crippen LogP) is 3.44. The van der Waals surface area contributed by atoms with E-state index in [1.807, 2.05) is 78.9 Å². The quantitative estimate of drug-likeness (QED) is 0.319. The molecule has 3 rings (SSSR count). The van der Waals surface area contributed by atoms with E-state index >= 15 is 0 Å². The van der Waals surface area contributed by atoms with Crippen LogP contribution in [0.3, 0.4) is 0 Å². The third-order valence-corrected chi connectivity index (χ3v) is 5.73. The standard InChI is InChI=1S/C27H28N2O4S/c30-25(29-23(27(32)33)18-19-10-4-1-5-11-19)22(16-17-34)28-26(31)24(20-12-6-2-7-13-20)21-14-8-3-9-15-21/h1-15,22-24,34H,16-18H2,(H,28,31)(H,29,30)(H,32,33)/t22?,23-/m1/s1. The van der Waals surface area contributed by atoms with Crippen LogP contribution in [0.25, 0.3) is 0 Å². The monoisotopic (exact) mass is 476 g/mol. The highest BCUT2D eigenvalue weighted by Gasteiger charge is 2.30. The molecule has 6 nitrogen and oxygen atoms in total. The van der Waals surface area contributed by atoms with Crippen molar-refractivity contribution in [1.82, 2.24) is 10.6 Å². The first kappa shape index (κ1) is 25.1. The molecule has 0 bridgehead atoms. The molecule has 0 aliphatic carbocycles. The summed E-state index contributed by atoms with van der Waals surface area (Å²) in [5, 5.41) is 15.1. The summed E-state index contributed by atoms with van der Waals surface area (Å²) in [6, 6.07) is 25.7. The molecule has 34 heavy (non-hydrogen) atoms. The molecule has 3 N–H and O–H groups in total. The lowest BCUT2D eigenvalue weighted by atomic mass is 9.90. The van der Waals surface area contributed by atoms with Gasteiger partial charge in [-0.1, -0.05) is 91.0 Å². The van der Waals surface area contributed by atoms with Crippen LogP contribution in [0.15, 0.2) is 91.0 Å². The van der Waals surface area contributed by atoms with Crippen molar-refractivity contribution >= 4 is 30.4 Å². The zero-order valence-electron chi connectivity index (χ0n) is 18.6. The van der Waals surface area contributed by atoms with Crippen molar-refractivity contribution in [1.29, 1.82) is 0 Å². The molecule has 1 unspecified atom stereocenters. The Morgan fingerprint density at radius 2 is 1.18 bits per heavy atom. The number of carbonyl (C=O) groups excluding carboxylic acids is 2. The second kappa shape index (κ2) is 12.6. The van der Waals surface area contributed by atoms with Crippen molar-refractivity contribution in [2.24, 2.45) is 0 Å². The van der Waals surface area contributed by atoms with Crippen LogP contribution in [0.5, 0.6) is 0 Å². The number of thiol groups is 1. The zero-order chi connectivity index (χ0) is 24.3. The van der Waals surface area contributed by atoms with Crippen LogP contribution in [0.4, 0.5) is 0 Å². The number of carboxylic acid groups (broad SMARTS) is 1. The SMILES string of the molecule is O=C(N[C@H](Cc1ccccc1)C(=O)O)C(CCS)NC(=O)C(c1ccccc1)c1ccccc1. The normalized spacial score (nSPS) is 12.5. The van der Waals surface area contributed by atoms with Crippen molar-refractivity contribution < 1.29 is 19.5 Å². The van der Waals surface area contributed by atoms with Gasteiger partial charge in [-0.3, -0.25) is 9.59 Å². The van der Waals surface area contributed by atoms with E-state index in [1.165, 1.54) is 0 Å². The molecule has 0 saturated carbocycles. The maximum Gasteiger partial charge on any atom is 0.326 e.